The van der Waals surface area contributed by atoms with E-state index in [0.717, 1.165) is 11.3 Å². The average molecular weight is 333 g/mol. The molecule has 0 aliphatic heterocycles. The molecule has 0 saturated heterocycles. The Morgan fingerprint density at radius 1 is 1.26 bits per heavy atom. The van der Waals surface area contributed by atoms with E-state index in [-0.39, 0.29) is 0 Å². The molecule has 1 aromatic rings. The molecule has 4 nitrogen and oxygen atoms in total. The number of nitrogens with one attached hydrogen (secondary N) is 1. The molecule has 1 aromatic heterocycles. The predicted octanol–water partition coefficient (Wildman–Crippen LogP) is 4.25. The quantitative estimate of drug-likeness (QED) is 0.598. The van der Waals surface area contributed by atoms with E-state index in [2.05, 4.69) is 59.2 Å². The van der Waals surface area contributed by atoms with Gasteiger partial charge >= 0.3 is 0 Å². The molecule has 126 valence electrons. The lowest BCUT2D eigenvalue weighted by atomic mass is 9.84. The van der Waals surface area contributed by atoms with E-state index in [4.69, 9.17) is 0 Å². The first-order valence-corrected chi connectivity index (χ1v) is 8.87. The van der Waals surface area contributed by atoms with Crippen LogP contribution in [-0.4, -0.2) is 46.0 Å². The van der Waals surface area contributed by atoms with Crippen molar-refractivity contribution >= 4 is 17.7 Å². The predicted molar refractivity (Wildman–Crippen MR) is 101 cm³/mol. The van der Waals surface area contributed by atoms with Crippen molar-refractivity contribution in [2.75, 3.05) is 21.1 Å². The van der Waals surface area contributed by atoms with Crippen LogP contribution in [0.15, 0.2) is 37.5 Å². The molecule has 0 aromatic carbocycles. The summed E-state index contributed by atoms with van der Waals surface area (Å²) in [4.78, 5) is 0. The van der Waals surface area contributed by atoms with Crippen molar-refractivity contribution in [1.82, 2.24) is 18.8 Å². The number of H-pyrrole nitrogens is 1. The van der Waals surface area contributed by atoms with E-state index in [1.807, 2.05) is 12.2 Å². The van der Waals surface area contributed by atoms with Crippen LogP contribution in [0.2, 0.25) is 0 Å². The molecule has 23 heavy (non-hydrogen) atoms. The van der Waals surface area contributed by atoms with Crippen LogP contribution in [0.4, 0.5) is 0 Å². The summed E-state index contributed by atoms with van der Waals surface area (Å²) in [5.74, 6) is 0.583. The van der Waals surface area contributed by atoms with Crippen molar-refractivity contribution < 1.29 is 0 Å². The van der Waals surface area contributed by atoms with Gasteiger partial charge in [-0.15, -0.1) is 0 Å². The van der Waals surface area contributed by atoms with Crippen LogP contribution >= 0.6 is 12.1 Å². The van der Waals surface area contributed by atoms with Crippen LogP contribution in [0.3, 0.4) is 0 Å². The van der Waals surface area contributed by atoms with Gasteiger partial charge < -0.3 is 0 Å². The summed E-state index contributed by atoms with van der Waals surface area (Å²) in [5.41, 5.74) is 3.22. The lowest BCUT2D eigenvalue weighted by molar-refractivity contribution is 0.278. The van der Waals surface area contributed by atoms with Gasteiger partial charge in [0, 0.05) is 35.4 Å². The summed E-state index contributed by atoms with van der Waals surface area (Å²) in [6.45, 7) is 7.59. The van der Waals surface area contributed by atoms with Crippen LogP contribution in [0, 0.1) is 0 Å². The van der Waals surface area contributed by atoms with Gasteiger partial charge in [0.2, 0.25) is 0 Å². The number of hydrogen-bond acceptors (Lipinski definition) is 4. The second kappa shape index (κ2) is 8.52. The van der Waals surface area contributed by atoms with E-state index in [9.17, 15) is 0 Å². The molecule has 0 bridgehead atoms. The molecule has 0 amide bonds. The Labute approximate surface area is 144 Å². The maximum Gasteiger partial charge on any atom is 0.0923 e. The second-order valence-electron chi connectivity index (χ2n) is 6.22. The Morgan fingerprint density at radius 2 is 1.96 bits per heavy atom. The molecule has 0 unspecified atom stereocenters. The van der Waals surface area contributed by atoms with E-state index in [0.29, 0.717) is 12.0 Å². The summed E-state index contributed by atoms with van der Waals surface area (Å²) < 4.78 is 4.53. The first-order valence-electron chi connectivity index (χ1n) is 8.14. The zero-order valence-electron chi connectivity index (χ0n) is 14.5. The Bertz CT molecular complexity index is 553. The van der Waals surface area contributed by atoms with Gasteiger partial charge in [0.1, 0.15) is 0 Å². The molecule has 1 saturated carbocycles. The number of rotatable bonds is 7. The molecule has 2 rings (SSSR count). The van der Waals surface area contributed by atoms with Gasteiger partial charge in [0.25, 0.3) is 0 Å². The van der Waals surface area contributed by atoms with Crippen molar-refractivity contribution in [2.45, 2.75) is 37.6 Å². The van der Waals surface area contributed by atoms with Gasteiger partial charge in [-0.2, -0.15) is 5.10 Å². The van der Waals surface area contributed by atoms with Gasteiger partial charge in [-0.1, -0.05) is 31.4 Å². The summed E-state index contributed by atoms with van der Waals surface area (Å²) in [6.07, 6.45) is 10.4. The van der Waals surface area contributed by atoms with Gasteiger partial charge in [-0.05, 0) is 52.9 Å². The van der Waals surface area contributed by atoms with Crippen LogP contribution in [0.1, 0.15) is 43.0 Å². The first-order chi connectivity index (χ1) is 11.0. The van der Waals surface area contributed by atoms with Crippen molar-refractivity contribution in [3.8, 4) is 0 Å². The minimum atomic E-state index is 0.583. The molecular weight excluding hydrogens is 304 g/mol. The number of aromatic nitrogens is 2. The second-order valence-corrected chi connectivity index (χ2v) is 7.69. The lowest BCUT2D eigenvalue weighted by Gasteiger charge is -2.34. The molecule has 0 atom stereocenters. The Morgan fingerprint density at radius 3 is 2.52 bits per heavy atom. The van der Waals surface area contributed by atoms with Crippen LogP contribution in [-0.2, 0) is 0 Å². The third kappa shape index (κ3) is 4.83. The van der Waals surface area contributed by atoms with E-state index < -0.39 is 0 Å². The topological polar surface area (TPSA) is 35.2 Å². The molecular formula is C18H28N4S. The number of allylic oxidation sites excluding steroid dienone is 4. The molecule has 0 spiro atoms. The maximum atomic E-state index is 4.44. The molecule has 5 heteroatoms. The van der Waals surface area contributed by atoms with Crippen LogP contribution in [0.25, 0.3) is 5.57 Å². The third-order valence-electron chi connectivity index (χ3n) is 4.35. The fraction of sp³-hybridized carbons (Fsp3) is 0.500. The Kier molecular flexibility index (Phi) is 6.69. The highest BCUT2D eigenvalue weighted by Gasteiger charge is 2.26. The van der Waals surface area contributed by atoms with E-state index >= 15 is 0 Å². The standard InChI is InChI=1S/C18H28N4S/c1-6-8-14(7-2)17-13-18(20-19-17)15-9-11-16(12-10-15)22(5)23-21(3)4/h6-8,13,15-16H,1-2,9-12H2,3-5H3,(H,19,20)/b14-8+. The SMILES string of the molecule is C=C/C=C(\C=C)c1cc(C2CCC(N(C)SN(C)C)CC2)[nH]n1. The number of aromatic amines is 1. The number of nitrogens with zero attached hydrogens (tertiary/aromatic N) is 3. The zero-order valence-corrected chi connectivity index (χ0v) is 15.3. The fourth-order valence-electron chi connectivity index (χ4n) is 3.15. The molecule has 0 radical (unpaired) electrons. The molecule has 1 heterocycles. The van der Waals surface area contributed by atoms with Gasteiger partial charge in [-0.3, -0.25) is 5.10 Å². The highest BCUT2D eigenvalue weighted by molar-refractivity contribution is 7.94. The summed E-state index contributed by atoms with van der Waals surface area (Å²) in [7, 11) is 6.38. The largest absolute Gasteiger partial charge is 0.282 e. The lowest BCUT2D eigenvalue weighted by Crippen LogP contribution is -2.32. The van der Waals surface area contributed by atoms with Crippen molar-refractivity contribution in [2.24, 2.45) is 0 Å². The molecule has 1 aliphatic rings. The molecule has 1 aliphatic carbocycles. The minimum Gasteiger partial charge on any atom is -0.282 e. The summed E-state index contributed by atoms with van der Waals surface area (Å²) in [6, 6.07) is 2.82. The summed E-state index contributed by atoms with van der Waals surface area (Å²) >= 11 is 1.79. The van der Waals surface area contributed by atoms with Crippen LogP contribution in [0.5, 0.6) is 0 Å². The Hall–Kier alpha value is -1.30. The first kappa shape index (κ1) is 18.0. The number of hydrogen-bond donors (Lipinski definition) is 1. The maximum absolute atomic E-state index is 4.44. The Balaban J connectivity index is 1.96. The zero-order chi connectivity index (χ0) is 16.8. The monoisotopic (exact) mass is 332 g/mol. The van der Waals surface area contributed by atoms with Crippen molar-refractivity contribution in [1.29, 1.82) is 0 Å². The fourth-order valence-corrected chi connectivity index (χ4v) is 4.01. The van der Waals surface area contributed by atoms with Crippen molar-refractivity contribution in [3.05, 3.63) is 48.8 Å². The van der Waals surface area contributed by atoms with E-state index in [1.54, 1.807) is 18.2 Å². The highest BCUT2D eigenvalue weighted by atomic mass is 32.2. The average Bonchev–Trinajstić information content (AvgIpc) is 3.01. The normalized spacial score (nSPS) is 22.6. The molecule has 1 N–H and O–H groups in total. The van der Waals surface area contributed by atoms with Gasteiger partial charge in [0.15, 0.2) is 0 Å². The third-order valence-corrected chi connectivity index (χ3v) is 5.24. The van der Waals surface area contributed by atoms with Crippen molar-refractivity contribution in [3.63, 3.8) is 0 Å². The molecule has 1 fully saturated rings. The summed E-state index contributed by atoms with van der Waals surface area (Å²) in [5, 5.41) is 7.67. The minimum absolute atomic E-state index is 0.583. The van der Waals surface area contributed by atoms with Crippen LogP contribution < -0.4 is 0 Å². The van der Waals surface area contributed by atoms with Gasteiger partial charge in [-0.25, -0.2) is 8.61 Å². The smallest absolute Gasteiger partial charge is 0.0923 e. The van der Waals surface area contributed by atoms with Gasteiger partial charge in [0.05, 0.1) is 5.69 Å². The highest BCUT2D eigenvalue weighted by Crippen LogP contribution is 2.36. The van der Waals surface area contributed by atoms with E-state index in [1.165, 1.54) is 31.4 Å².